The first-order valence-electron chi connectivity index (χ1n) is 30.6. The Kier molecular flexibility index (Phi) is 38.4. The standard InChI is InChI=1S/2C19H17N2.C18H18N3.9C2H6.2CH4/c1-14-8-3-5-11-17(14)21-18-12-6-4-9-15(18)16-10-7-13-20(2)19(16)21;1-14-8-7-10-16-15-9-3-4-11-17(15)21(19(14)16)18-12-5-6-13-20(18)2;1-13-7-6-9-15-14-8-4-5-10-16(14)21(17(13)15)18-19(2)11-12-20(18)3;9*1-2;;/h2*3-13H,1-2H3;4-12H,1-3H3;9*1-2H3;2*1H4/q3*+1;;;;;;;;;;;. The van der Waals surface area contributed by atoms with E-state index < -0.39 is 0 Å². The molecular weight excluding hydrogens is 1010 g/mol. The van der Waals surface area contributed by atoms with Crippen molar-refractivity contribution in [1.29, 1.82) is 0 Å². The number of para-hydroxylation sites is 6. The minimum absolute atomic E-state index is 0. The van der Waals surface area contributed by atoms with Crippen LogP contribution in [0.15, 0.2) is 189 Å². The molecule has 7 nitrogen and oxygen atoms in total. The molecule has 0 fully saturated rings. The summed E-state index contributed by atoms with van der Waals surface area (Å²) >= 11 is 0. The van der Waals surface area contributed by atoms with Crippen LogP contribution in [0.3, 0.4) is 0 Å². The lowest BCUT2D eigenvalue weighted by molar-refractivity contribution is -0.665. The molecule has 450 valence electrons. The van der Waals surface area contributed by atoms with Gasteiger partial charge in [0.05, 0.1) is 58.4 Å². The monoisotopic (exact) mass is 1120 g/mol. The molecule has 12 aromatic rings. The Bertz CT molecular complexity index is 3490. The third-order valence-electron chi connectivity index (χ3n) is 12.5. The highest BCUT2D eigenvalue weighted by atomic mass is 15.3. The fourth-order valence-corrected chi connectivity index (χ4v) is 9.63. The molecule has 6 heterocycles. The molecule has 0 spiro atoms. The maximum Gasteiger partial charge on any atom is 0.369 e. The third kappa shape index (κ3) is 17.2. The highest BCUT2D eigenvalue weighted by Gasteiger charge is 2.25. The largest absolute Gasteiger partial charge is 0.369 e. The highest BCUT2D eigenvalue weighted by Crippen LogP contribution is 2.35. The topological polar surface area (TPSA) is 31.4 Å². The smallest absolute Gasteiger partial charge is 0.237 e. The fourth-order valence-electron chi connectivity index (χ4n) is 9.63. The van der Waals surface area contributed by atoms with Gasteiger partial charge in [-0.1, -0.05) is 237 Å². The summed E-state index contributed by atoms with van der Waals surface area (Å²) in [5, 5.41) is 7.82. The first-order chi connectivity index (χ1) is 39.7. The molecule has 6 aromatic heterocycles. The summed E-state index contributed by atoms with van der Waals surface area (Å²) in [6.45, 7) is 42.5. The fraction of sp³-hybridized carbons (Fsp3) is 0.355. The zero-order valence-corrected chi connectivity index (χ0v) is 55.0. The number of benzene rings is 6. The molecule has 0 aliphatic heterocycles. The van der Waals surface area contributed by atoms with Crippen LogP contribution in [-0.4, -0.2) is 18.3 Å². The van der Waals surface area contributed by atoms with Crippen molar-refractivity contribution in [3.63, 3.8) is 0 Å². The molecule has 83 heavy (non-hydrogen) atoms. The maximum absolute atomic E-state index is 2.36. The summed E-state index contributed by atoms with van der Waals surface area (Å²) in [5.74, 6) is 2.34. The third-order valence-corrected chi connectivity index (χ3v) is 12.5. The molecule has 6 aromatic carbocycles. The molecule has 0 saturated carbocycles. The van der Waals surface area contributed by atoms with Gasteiger partial charge in [0.2, 0.25) is 0 Å². The molecule has 12 rings (SSSR count). The summed E-state index contributed by atoms with van der Waals surface area (Å²) in [7, 11) is 8.38. The zero-order valence-electron chi connectivity index (χ0n) is 55.0. The van der Waals surface area contributed by atoms with E-state index in [2.05, 4.69) is 270 Å². The van der Waals surface area contributed by atoms with Gasteiger partial charge in [0.15, 0.2) is 0 Å². The molecule has 0 bridgehead atoms. The number of aromatic nitrogens is 7. The number of pyridine rings is 2. The van der Waals surface area contributed by atoms with Crippen LogP contribution in [-0.2, 0) is 28.2 Å². The number of aryl methyl sites for hydroxylation is 7. The van der Waals surface area contributed by atoms with Crippen LogP contribution in [0.5, 0.6) is 0 Å². The van der Waals surface area contributed by atoms with E-state index in [0.717, 1.165) is 5.95 Å². The Morgan fingerprint density at radius 2 is 0.663 bits per heavy atom. The minimum atomic E-state index is 0. The molecule has 0 aliphatic rings. The first kappa shape index (κ1) is 77.3. The van der Waals surface area contributed by atoms with Crippen molar-refractivity contribution in [2.24, 2.45) is 28.2 Å². The molecule has 7 heteroatoms. The predicted octanol–water partition coefficient (Wildman–Crippen LogP) is 21.6. The van der Waals surface area contributed by atoms with Crippen LogP contribution in [0, 0.1) is 20.8 Å². The van der Waals surface area contributed by atoms with Crippen molar-refractivity contribution in [3.05, 3.63) is 205 Å². The second kappa shape index (κ2) is 41.3. The second-order valence-corrected chi connectivity index (χ2v) is 16.6. The average molecular weight is 1130 g/mol. The van der Waals surface area contributed by atoms with E-state index in [1.807, 2.05) is 125 Å². The molecule has 0 aliphatic carbocycles. The van der Waals surface area contributed by atoms with E-state index >= 15 is 0 Å². The molecular formula is C76H114N7+3. The molecule has 0 N–H and O–H groups in total. The van der Waals surface area contributed by atoms with Crippen LogP contribution in [0.2, 0.25) is 0 Å². The quantitative estimate of drug-likeness (QED) is 0.158. The Hall–Kier alpha value is -7.77. The van der Waals surface area contributed by atoms with Crippen molar-refractivity contribution >= 4 is 65.5 Å². The Labute approximate surface area is 506 Å². The summed E-state index contributed by atoms with van der Waals surface area (Å²) in [6, 6.07) is 58.1. The normalized spacial score (nSPS) is 9.31. The van der Waals surface area contributed by atoms with E-state index in [4.69, 9.17) is 0 Å². The van der Waals surface area contributed by atoms with Gasteiger partial charge in [0.1, 0.15) is 33.3 Å². The van der Waals surface area contributed by atoms with E-state index in [1.165, 1.54) is 93.7 Å². The van der Waals surface area contributed by atoms with Gasteiger partial charge in [0, 0.05) is 33.0 Å². The van der Waals surface area contributed by atoms with E-state index in [-0.39, 0.29) is 14.9 Å². The van der Waals surface area contributed by atoms with Gasteiger partial charge in [-0.15, -0.1) is 0 Å². The lowest BCUT2D eigenvalue weighted by Gasteiger charge is -2.04. The van der Waals surface area contributed by atoms with Crippen molar-refractivity contribution in [2.75, 3.05) is 0 Å². The number of rotatable bonds is 3. The van der Waals surface area contributed by atoms with Crippen molar-refractivity contribution in [2.45, 2.75) is 160 Å². The summed E-state index contributed by atoms with van der Waals surface area (Å²) in [6.07, 6.45) is 8.38. The SMILES string of the molecule is C.C.CC.CC.CC.CC.CC.CC.CC.CC.CC.Cc1cccc2c3ccccc3n(-c3cccc[n+]3C)c12.Cc1cccc2c3ccccc3n(-c3n(C)cc[n+]3C)c12.Cc1ccccc1-n1c2ccccc2c2ccc[n+](C)c21. The van der Waals surface area contributed by atoms with Crippen molar-refractivity contribution in [1.82, 2.24) is 18.3 Å². The zero-order chi connectivity index (χ0) is 61.4. The number of nitrogens with zero attached hydrogens (tertiary/aromatic N) is 7. The van der Waals surface area contributed by atoms with Gasteiger partial charge in [-0.3, -0.25) is 0 Å². The van der Waals surface area contributed by atoms with Gasteiger partial charge < -0.3 is 0 Å². The number of hydrogen-bond acceptors (Lipinski definition) is 0. The van der Waals surface area contributed by atoms with Gasteiger partial charge >= 0.3 is 5.95 Å². The van der Waals surface area contributed by atoms with E-state index in [9.17, 15) is 0 Å². The minimum Gasteiger partial charge on any atom is -0.237 e. The molecule has 0 saturated heterocycles. The number of fused-ring (bicyclic) bond motifs is 9. The molecule has 0 atom stereocenters. The molecule has 0 unspecified atom stereocenters. The molecule has 0 radical (unpaired) electrons. The lowest BCUT2D eigenvalue weighted by atomic mass is 10.1. The average Bonchev–Trinajstić information content (AvgIpc) is 2.49. The summed E-state index contributed by atoms with van der Waals surface area (Å²) in [4.78, 5) is 0. The van der Waals surface area contributed by atoms with Gasteiger partial charge in [-0.2, -0.15) is 13.7 Å². The Morgan fingerprint density at radius 1 is 0.301 bits per heavy atom. The summed E-state index contributed by atoms with van der Waals surface area (Å²) < 4.78 is 15.8. The van der Waals surface area contributed by atoms with Crippen LogP contribution in [0.4, 0.5) is 0 Å². The first-order valence-corrected chi connectivity index (χ1v) is 30.6. The van der Waals surface area contributed by atoms with Crippen LogP contribution < -0.4 is 13.7 Å². The lowest BCUT2D eigenvalue weighted by Crippen LogP contribution is -2.33. The highest BCUT2D eigenvalue weighted by molar-refractivity contribution is 6.11. The van der Waals surface area contributed by atoms with Crippen LogP contribution in [0.25, 0.3) is 83.0 Å². The van der Waals surface area contributed by atoms with Crippen molar-refractivity contribution < 1.29 is 13.7 Å². The number of imidazole rings is 1. The van der Waals surface area contributed by atoms with Crippen LogP contribution in [0.1, 0.15) is 156 Å². The number of hydrogen-bond donors (Lipinski definition) is 0. The van der Waals surface area contributed by atoms with Gasteiger partial charge in [0.25, 0.3) is 11.5 Å². The predicted molar refractivity (Wildman–Crippen MR) is 375 cm³/mol. The Morgan fingerprint density at radius 3 is 1.12 bits per heavy atom. The summed E-state index contributed by atoms with van der Waals surface area (Å²) in [5.41, 5.74) is 12.7. The van der Waals surface area contributed by atoms with E-state index in [1.54, 1.807) is 0 Å². The van der Waals surface area contributed by atoms with Crippen molar-refractivity contribution in [3.8, 4) is 17.5 Å². The maximum atomic E-state index is 2.36. The van der Waals surface area contributed by atoms with E-state index in [0.29, 0.717) is 0 Å². The van der Waals surface area contributed by atoms with Crippen LogP contribution >= 0.6 is 0 Å². The second-order valence-electron chi connectivity index (χ2n) is 16.6. The van der Waals surface area contributed by atoms with Gasteiger partial charge in [-0.25, -0.2) is 18.3 Å². The Balaban J connectivity index is 0. The van der Waals surface area contributed by atoms with Gasteiger partial charge in [-0.05, 0) is 98.1 Å². The molecule has 0 amide bonds.